The summed E-state index contributed by atoms with van der Waals surface area (Å²) in [5, 5.41) is 17.4. The Labute approximate surface area is 102 Å². The summed E-state index contributed by atoms with van der Waals surface area (Å²) in [5.41, 5.74) is 6.27. The van der Waals surface area contributed by atoms with Crippen LogP contribution in [0.2, 0.25) is 0 Å². The number of thioether (sulfide) groups is 1. The summed E-state index contributed by atoms with van der Waals surface area (Å²) in [4.78, 5) is 10.5. The molecule has 1 atom stereocenters. The number of rotatable bonds is 5. The first-order chi connectivity index (χ1) is 8.04. The third kappa shape index (κ3) is 4.06. The lowest BCUT2D eigenvalue weighted by atomic mass is 10.1. The number of carboxylic acids is 1. The van der Waals surface area contributed by atoms with E-state index in [1.165, 1.54) is 23.9 Å². The van der Waals surface area contributed by atoms with E-state index in [2.05, 4.69) is 0 Å². The fourth-order valence-electron chi connectivity index (χ4n) is 1.15. The van der Waals surface area contributed by atoms with Gasteiger partial charge in [-0.25, -0.2) is 4.39 Å². The smallest absolute Gasteiger partial charge is 0.321 e. The average Bonchev–Trinajstić information content (AvgIpc) is 2.30. The molecule has 90 valence electrons. The third-order valence-electron chi connectivity index (χ3n) is 2.06. The second-order valence-corrected chi connectivity index (χ2v) is 4.40. The highest BCUT2D eigenvalue weighted by molar-refractivity contribution is 7.98. The monoisotopic (exact) mass is 254 g/mol. The predicted octanol–water partition coefficient (Wildman–Crippen LogP) is 1.34. The van der Waals surface area contributed by atoms with Crippen LogP contribution in [0, 0.1) is 17.1 Å². The number of nitrogens with two attached hydrogens (primary N) is 1. The van der Waals surface area contributed by atoms with Crippen molar-refractivity contribution in [3.63, 3.8) is 0 Å². The summed E-state index contributed by atoms with van der Waals surface area (Å²) >= 11 is 1.30. The molecule has 0 aliphatic rings. The van der Waals surface area contributed by atoms with Gasteiger partial charge in [0.15, 0.2) is 0 Å². The Bertz CT molecular complexity index is 459. The number of nitrogens with zero attached hydrogens (tertiary/aromatic N) is 1. The molecule has 17 heavy (non-hydrogen) atoms. The Kier molecular flexibility index (Phi) is 4.94. The SMILES string of the molecule is N#Cc1cc(F)ccc1CSC[C@H](N)C(=O)O. The molecule has 6 heteroatoms. The standard InChI is InChI=1S/C11H11FN2O2S/c12-9-2-1-7(8(3-9)4-13)5-17-6-10(14)11(15)16/h1-3,10H,5-6,14H2,(H,15,16)/t10-/m0/s1. The van der Waals surface area contributed by atoms with Crippen molar-refractivity contribution in [3.8, 4) is 6.07 Å². The highest BCUT2D eigenvalue weighted by atomic mass is 32.2. The molecule has 4 nitrogen and oxygen atoms in total. The summed E-state index contributed by atoms with van der Waals surface area (Å²) in [6.07, 6.45) is 0. The van der Waals surface area contributed by atoms with Gasteiger partial charge >= 0.3 is 5.97 Å². The zero-order chi connectivity index (χ0) is 12.8. The largest absolute Gasteiger partial charge is 0.480 e. The summed E-state index contributed by atoms with van der Waals surface area (Å²) in [6.45, 7) is 0. The van der Waals surface area contributed by atoms with Crippen molar-refractivity contribution in [1.29, 1.82) is 5.26 Å². The Morgan fingerprint density at radius 2 is 2.35 bits per heavy atom. The maximum atomic E-state index is 12.8. The molecule has 0 radical (unpaired) electrons. The predicted molar refractivity (Wildman–Crippen MR) is 62.9 cm³/mol. The molecule has 0 heterocycles. The molecular formula is C11H11FN2O2S. The van der Waals surface area contributed by atoms with Crippen LogP contribution in [0.1, 0.15) is 11.1 Å². The number of hydrogen-bond acceptors (Lipinski definition) is 4. The number of aliphatic carboxylic acids is 1. The van der Waals surface area contributed by atoms with Gasteiger partial charge in [0.05, 0.1) is 11.6 Å². The second-order valence-electron chi connectivity index (χ2n) is 3.37. The highest BCUT2D eigenvalue weighted by Crippen LogP contribution is 2.17. The van der Waals surface area contributed by atoms with Crippen molar-refractivity contribution in [2.75, 3.05) is 5.75 Å². The van der Waals surface area contributed by atoms with E-state index in [0.29, 0.717) is 11.3 Å². The van der Waals surface area contributed by atoms with Crippen molar-refractivity contribution in [2.24, 2.45) is 5.73 Å². The number of carbonyl (C=O) groups is 1. The third-order valence-corrected chi connectivity index (χ3v) is 3.17. The molecule has 0 amide bonds. The van der Waals surface area contributed by atoms with E-state index in [9.17, 15) is 9.18 Å². The molecule has 1 aromatic rings. The Balaban J connectivity index is 2.58. The normalized spacial score (nSPS) is 11.8. The van der Waals surface area contributed by atoms with Crippen LogP contribution in [-0.2, 0) is 10.5 Å². The Hall–Kier alpha value is -1.58. The van der Waals surface area contributed by atoms with Gasteiger partial charge in [-0.1, -0.05) is 6.07 Å². The van der Waals surface area contributed by atoms with Gasteiger partial charge in [-0.15, -0.1) is 0 Å². The van der Waals surface area contributed by atoms with Crippen molar-refractivity contribution in [1.82, 2.24) is 0 Å². The maximum absolute atomic E-state index is 12.8. The minimum atomic E-state index is -1.06. The van der Waals surface area contributed by atoms with Crippen LogP contribution in [0.3, 0.4) is 0 Å². The molecule has 0 saturated heterocycles. The molecule has 0 fully saturated rings. The lowest BCUT2D eigenvalue weighted by molar-refractivity contribution is -0.137. The topological polar surface area (TPSA) is 87.1 Å². The molecule has 0 spiro atoms. The van der Waals surface area contributed by atoms with Crippen molar-refractivity contribution in [2.45, 2.75) is 11.8 Å². The number of halogens is 1. The number of benzene rings is 1. The van der Waals surface area contributed by atoms with Crippen LogP contribution in [0.5, 0.6) is 0 Å². The van der Waals surface area contributed by atoms with E-state index in [4.69, 9.17) is 16.1 Å². The van der Waals surface area contributed by atoms with Crippen LogP contribution in [0.15, 0.2) is 18.2 Å². The molecule has 0 aliphatic heterocycles. The van der Waals surface area contributed by atoms with Crippen LogP contribution in [-0.4, -0.2) is 22.9 Å². The summed E-state index contributed by atoms with van der Waals surface area (Å²) < 4.78 is 12.8. The van der Waals surface area contributed by atoms with E-state index in [-0.39, 0.29) is 11.3 Å². The van der Waals surface area contributed by atoms with Gasteiger partial charge in [-0.2, -0.15) is 17.0 Å². The van der Waals surface area contributed by atoms with E-state index >= 15 is 0 Å². The van der Waals surface area contributed by atoms with Gasteiger partial charge in [-0.05, 0) is 17.7 Å². The van der Waals surface area contributed by atoms with Crippen molar-refractivity contribution in [3.05, 3.63) is 35.1 Å². The quantitative estimate of drug-likeness (QED) is 0.828. The number of hydrogen-bond donors (Lipinski definition) is 2. The number of nitriles is 1. The van der Waals surface area contributed by atoms with Gasteiger partial charge in [-0.3, -0.25) is 4.79 Å². The second kappa shape index (κ2) is 6.23. The first-order valence-electron chi connectivity index (χ1n) is 4.79. The van der Waals surface area contributed by atoms with Crippen LogP contribution >= 0.6 is 11.8 Å². The van der Waals surface area contributed by atoms with E-state index < -0.39 is 17.8 Å². The first-order valence-corrected chi connectivity index (χ1v) is 5.94. The highest BCUT2D eigenvalue weighted by Gasteiger charge is 2.11. The molecule has 1 aromatic carbocycles. The lowest BCUT2D eigenvalue weighted by Gasteiger charge is -2.07. The molecular weight excluding hydrogens is 243 g/mol. The fraction of sp³-hybridized carbons (Fsp3) is 0.273. The molecule has 0 saturated carbocycles. The molecule has 1 rings (SSSR count). The van der Waals surface area contributed by atoms with Gasteiger partial charge in [0.2, 0.25) is 0 Å². The molecule has 0 aromatic heterocycles. The molecule has 3 N–H and O–H groups in total. The maximum Gasteiger partial charge on any atom is 0.321 e. The van der Waals surface area contributed by atoms with Crippen molar-refractivity contribution >= 4 is 17.7 Å². The summed E-state index contributed by atoms with van der Waals surface area (Å²) in [5.74, 6) is -0.837. The van der Waals surface area contributed by atoms with E-state index in [0.717, 1.165) is 6.07 Å². The van der Waals surface area contributed by atoms with E-state index in [1.807, 2.05) is 6.07 Å². The van der Waals surface area contributed by atoms with Gasteiger partial charge in [0.25, 0.3) is 0 Å². The van der Waals surface area contributed by atoms with Crippen LogP contribution < -0.4 is 5.73 Å². The zero-order valence-corrected chi connectivity index (χ0v) is 9.71. The average molecular weight is 254 g/mol. The zero-order valence-electron chi connectivity index (χ0n) is 8.89. The van der Waals surface area contributed by atoms with Crippen molar-refractivity contribution < 1.29 is 14.3 Å². The minimum absolute atomic E-state index is 0.248. The molecule has 0 unspecified atom stereocenters. The first kappa shape index (κ1) is 13.5. The fourth-order valence-corrected chi connectivity index (χ4v) is 2.13. The van der Waals surface area contributed by atoms with Gasteiger partial charge in [0, 0.05) is 11.5 Å². The van der Waals surface area contributed by atoms with E-state index in [1.54, 1.807) is 0 Å². The number of carboxylic acid groups (broad SMARTS) is 1. The van der Waals surface area contributed by atoms with Crippen LogP contribution in [0.25, 0.3) is 0 Å². The minimum Gasteiger partial charge on any atom is -0.480 e. The van der Waals surface area contributed by atoms with Gasteiger partial charge in [0.1, 0.15) is 11.9 Å². The Morgan fingerprint density at radius 3 is 2.94 bits per heavy atom. The lowest BCUT2D eigenvalue weighted by Crippen LogP contribution is -2.32. The molecule has 0 aliphatic carbocycles. The van der Waals surface area contributed by atoms with Crippen LogP contribution in [0.4, 0.5) is 4.39 Å². The summed E-state index contributed by atoms with van der Waals surface area (Å²) in [6, 6.07) is 4.92. The molecule has 0 bridgehead atoms. The Morgan fingerprint density at radius 1 is 1.65 bits per heavy atom. The summed E-state index contributed by atoms with van der Waals surface area (Å²) in [7, 11) is 0. The van der Waals surface area contributed by atoms with Gasteiger partial charge < -0.3 is 10.8 Å².